The van der Waals surface area contributed by atoms with Crippen molar-refractivity contribution in [3.05, 3.63) is 59.5 Å². The van der Waals surface area contributed by atoms with E-state index in [0.29, 0.717) is 22.7 Å². The normalized spacial score (nSPS) is 11.0. The van der Waals surface area contributed by atoms with Crippen LogP contribution >= 0.6 is 11.6 Å². The summed E-state index contributed by atoms with van der Waals surface area (Å²) >= 11 is 6.13. The second-order valence-electron chi connectivity index (χ2n) is 5.08. The first-order valence-corrected chi connectivity index (χ1v) is 7.17. The highest BCUT2D eigenvalue weighted by molar-refractivity contribution is 6.29. The lowest BCUT2D eigenvalue weighted by molar-refractivity contribution is 0.756. The molecule has 0 bridgehead atoms. The summed E-state index contributed by atoms with van der Waals surface area (Å²) < 4.78 is 1.73. The van der Waals surface area contributed by atoms with Gasteiger partial charge in [-0.2, -0.15) is 5.10 Å². The van der Waals surface area contributed by atoms with E-state index in [4.69, 9.17) is 11.6 Å². The Bertz CT molecular complexity index is 750. The van der Waals surface area contributed by atoms with E-state index < -0.39 is 0 Å². The zero-order valence-electron chi connectivity index (χ0n) is 11.9. The van der Waals surface area contributed by atoms with Gasteiger partial charge in [0.05, 0.1) is 5.69 Å². The highest BCUT2D eigenvalue weighted by Gasteiger charge is 2.09. The number of aromatic nitrogens is 4. The second-order valence-corrected chi connectivity index (χ2v) is 5.47. The summed E-state index contributed by atoms with van der Waals surface area (Å²) in [5, 5.41) is 4.93. The monoisotopic (exact) mass is 298 g/mol. The molecule has 0 aliphatic rings. The molecular weight excluding hydrogens is 284 g/mol. The molecule has 3 rings (SSSR count). The Morgan fingerprint density at radius 2 is 1.81 bits per heavy atom. The van der Waals surface area contributed by atoms with Crippen molar-refractivity contribution < 1.29 is 0 Å². The van der Waals surface area contributed by atoms with Crippen LogP contribution in [0.3, 0.4) is 0 Å². The molecule has 2 aromatic heterocycles. The van der Waals surface area contributed by atoms with Gasteiger partial charge in [-0.25, -0.2) is 14.6 Å². The topological polar surface area (TPSA) is 43.6 Å². The Morgan fingerprint density at radius 3 is 2.48 bits per heavy atom. The fourth-order valence-electron chi connectivity index (χ4n) is 2.01. The number of benzene rings is 1. The smallest absolute Gasteiger partial charge is 0.163 e. The van der Waals surface area contributed by atoms with Gasteiger partial charge in [0.2, 0.25) is 0 Å². The van der Waals surface area contributed by atoms with E-state index in [2.05, 4.69) is 28.9 Å². The first-order valence-electron chi connectivity index (χ1n) is 6.79. The quantitative estimate of drug-likeness (QED) is 0.684. The van der Waals surface area contributed by atoms with Crippen LogP contribution in [0.4, 0.5) is 0 Å². The van der Waals surface area contributed by atoms with E-state index in [0.717, 1.165) is 11.3 Å². The van der Waals surface area contributed by atoms with Crippen LogP contribution in [0.15, 0.2) is 48.7 Å². The lowest BCUT2D eigenvalue weighted by Crippen LogP contribution is -2.02. The Hall–Kier alpha value is -2.20. The molecule has 0 fully saturated rings. The lowest BCUT2D eigenvalue weighted by Gasteiger charge is -2.05. The third-order valence-electron chi connectivity index (χ3n) is 3.15. The molecule has 0 N–H and O–H groups in total. The molecule has 0 saturated carbocycles. The minimum Gasteiger partial charge on any atom is -0.222 e. The summed E-state index contributed by atoms with van der Waals surface area (Å²) in [6.07, 6.45) is 1.89. The minimum absolute atomic E-state index is 0.372. The SMILES string of the molecule is CC(C)c1ccn(-c2cc(Cl)nc(-c3ccccc3)n2)n1. The predicted molar refractivity (Wildman–Crippen MR) is 83.7 cm³/mol. The van der Waals surface area contributed by atoms with Gasteiger partial charge >= 0.3 is 0 Å². The van der Waals surface area contributed by atoms with E-state index in [1.807, 2.05) is 42.6 Å². The first-order chi connectivity index (χ1) is 10.1. The Labute approximate surface area is 128 Å². The molecular formula is C16H15ClN4. The molecule has 0 aliphatic heterocycles. The summed E-state index contributed by atoms with van der Waals surface area (Å²) in [6, 6.07) is 13.5. The highest BCUT2D eigenvalue weighted by Crippen LogP contribution is 2.20. The lowest BCUT2D eigenvalue weighted by atomic mass is 10.1. The fourth-order valence-corrected chi connectivity index (χ4v) is 2.19. The van der Waals surface area contributed by atoms with Crippen molar-refractivity contribution in [3.63, 3.8) is 0 Å². The molecule has 2 heterocycles. The molecule has 21 heavy (non-hydrogen) atoms. The van der Waals surface area contributed by atoms with E-state index in [9.17, 15) is 0 Å². The van der Waals surface area contributed by atoms with Crippen molar-refractivity contribution in [2.45, 2.75) is 19.8 Å². The van der Waals surface area contributed by atoms with Gasteiger partial charge in [-0.1, -0.05) is 55.8 Å². The predicted octanol–water partition coefficient (Wildman–Crippen LogP) is 4.11. The summed E-state index contributed by atoms with van der Waals surface area (Å²) in [4.78, 5) is 8.84. The van der Waals surface area contributed by atoms with Crippen LogP contribution in [-0.4, -0.2) is 19.7 Å². The molecule has 106 valence electrons. The number of nitrogens with zero attached hydrogens (tertiary/aromatic N) is 4. The van der Waals surface area contributed by atoms with Crippen LogP contribution in [0.25, 0.3) is 17.2 Å². The molecule has 1 aromatic carbocycles. The van der Waals surface area contributed by atoms with Crippen LogP contribution in [0.2, 0.25) is 5.15 Å². The molecule has 0 spiro atoms. The first kappa shape index (κ1) is 13.8. The van der Waals surface area contributed by atoms with Crippen molar-refractivity contribution in [1.82, 2.24) is 19.7 Å². The zero-order chi connectivity index (χ0) is 14.8. The van der Waals surface area contributed by atoms with Crippen molar-refractivity contribution in [2.24, 2.45) is 0 Å². The molecule has 0 unspecified atom stereocenters. The fraction of sp³-hybridized carbons (Fsp3) is 0.188. The second kappa shape index (κ2) is 5.66. The van der Waals surface area contributed by atoms with E-state index in [1.54, 1.807) is 10.7 Å². The summed E-state index contributed by atoms with van der Waals surface area (Å²) in [5.74, 6) is 1.64. The zero-order valence-corrected chi connectivity index (χ0v) is 12.6. The van der Waals surface area contributed by atoms with E-state index >= 15 is 0 Å². The van der Waals surface area contributed by atoms with Crippen LogP contribution in [0.1, 0.15) is 25.5 Å². The number of halogens is 1. The third-order valence-corrected chi connectivity index (χ3v) is 3.34. The molecule has 5 heteroatoms. The maximum Gasteiger partial charge on any atom is 0.163 e. The summed E-state index contributed by atoms with van der Waals surface area (Å²) in [6.45, 7) is 4.21. The van der Waals surface area contributed by atoms with Gasteiger partial charge < -0.3 is 0 Å². The third kappa shape index (κ3) is 2.95. The van der Waals surface area contributed by atoms with Crippen molar-refractivity contribution in [1.29, 1.82) is 0 Å². The van der Waals surface area contributed by atoms with Gasteiger partial charge in [-0.05, 0) is 12.0 Å². The maximum atomic E-state index is 6.13. The molecule has 3 aromatic rings. The number of hydrogen-bond acceptors (Lipinski definition) is 3. The average Bonchev–Trinajstić information content (AvgIpc) is 2.98. The van der Waals surface area contributed by atoms with Gasteiger partial charge in [0.25, 0.3) is 0 Å². The number of rotatable bonds is 3. The van der Waals surface area contributed by atoms with Gasteiger partial charge in [0, 0.05) is 17.8 Å². The maximum absolute atomic E-state index is 6.13. The Kier molecular flexibility index (Phi) is 3.71. The molecule has 0 aliphatic carbocycles. The largest absolute Gasteiger partial charge is 0.222 e. The van der Waals surface area contributed by atoms with Crippen LogP contribution < -0.4 is 0 Å². The summed E-state index contributed by atoms with van der Waals surface area (Å²) in [5.41, 5.74) is 1.95. The highest BCUT2D eigenvalue weighted by atomic mass is 35.5. The molecule has 4 nitrogen and oxygen atoms in total. The van der Waals surface area contributed by atoms with Crippen molar-refractivity contribution >= 4 is 11.6 Å². The minimum atomic E-state index is 0.372. The number of hydrogen-bond donors (Lipinski definition) is 0. The molecule has 0 radical (unpaired) electrons. The van der Waals surface area contributed by atoms with Crippen molar-refractivity contribution in [2.75, 3.05) is 0 Å². The van der Waals surface area contributed by atoms with E-state index in [1.165, 1.54) is 0 Å². The Balaban J connectivity index is 2.05. The van der Waals surface area contributed by atoms with E-state index in [-0.39, 0.29) is 0 Å². The van der Waals surface area contributed by atoms with Gasteiger partial charge in [0.15, 0.2) is 11.6 Å². The van der Waals surface area contributed by atoms with Crippen LogP contribution in [0, 0.1) is 0 Å². The van der Waals surface area contributed by atoms with Crippen molar-refractivity contribution in [3.8, 4) is 17.2 Å². The molecule has 0 saturated heterocycles. The summed E-state index contributed by atoms with van der Waals surface area (Å²) in [7, 11) is 0. The van der Waals surface area contributed by atoms with Crippen LogP contribution in [0.5, 0.6) is 0 Å². The standard InChI is InChI=1S/C16H15ClN4/c1-11(2)13-8-9-21(20-13)15-10-14(17)18-16(19-15)12-6-4-3-5-7-12/h3-11H,1-2H3. The van der Waals surface area contributed by atoms with Gasteiger partial charge in [0.1, 0.15) is 5.15 Å². The van der Waals surface area contributed by atoms with Crippen LogP contribution in [-0.2, 0) is 0 Å². The van der Waals surface area contributed by atoms with Gasteiger partial charge in [-0.15, -0.1) is 0 Å². The Morgan fingerprint density at radius 1 is 1.05 bits per heavy atom. The molecule has 0 atom stereocenters. The average molecular weight is 299 g/mol. The van der Waals surface area contributed by atoms with Gasteiger partial charge in [-0.3, -0.25) is 0 Å². The molecule has 0 amide bonds.